The zero-order valence-electron chi connectivity index (χ0n) is 23.3. The van der Waals surface area contributed by atoms with Crippen LogP contribution in [-0.4, -0.2) is 94.8 Å². The van der Waals surface area contributed by atoms with Gasteiger partial charge in [-0.3, -0.25) is 9.59 Å². The van der Waals surface area contributed by atoms with E-state index in [1.165, 1.54) is 32.6 Å². The number of nitrogens with one attached hydrogen (secondary N) is 1. The summed E-state index contributed by atoms with van der Waals surface area (Å²) in [5.74, 6) is 1.47. The van der Waals surface area contributed by atoms with Crippen LogP contribution in [0.1, 0.15) is 84.0 Å². The van der Waals surface area contributed by atoms with Crippen LogP contribution in [0.15, 0.2) is 0 Å². The van der Waals surface area contributed by atoms with E-state index in [-0.39, 0.29) is 24.2 Å². The summed E-state index contributed by atoms with van der Waals surface area (Å²) in [6.07, 6.45) is 6.54. The van der Waals surface area contributed by atoms with Gasteiger partial charge in [0.15, 0.2) is 6.29 Å². The summed E-state index contributed by atoms with van der Waals surface area (Å²) >= 11 is 0. The van der Waals surface area contributed by atoms with Gasteiger partial charge in [0, 0.05) is 25.9 Å². The lowest BCUT2D eigenvalue weighted by atomic mass is 9.75. The number of hydrogen-bond acceptors (Lipinski definition) is 9. The van der Waals surface area contributed by atoms with Gasteiger partial charge in [0.1, 0.15) is 30.1 Å². The fourth-order valence-corrected chi connectivity index (χ4v) is 6.97. The molecule has 4 aliphatic rings. The van der Waals surface area contributed by atoms with E-state index in [0.717, 1.165) is 31.1 Å². The highest BCUT2D eigenvalue weighted by Gasteiger charge is 2.45. The van der Waals surface area contributed by atoms with Gasteiger partial charge in [-0.15, -0.1) is 0 Å². The molecule has 0 spiro atoms. The highest BCUT2D eigenvalue weighted by molar-refractivity contribution is 5.81. The van der Waals surface area contributed by atoms with Gasteiger partial charge in [0.05, 0.1) is 25.4 Å². The van der Waals surface area contributed by atoms with Crippen molar-refractivity contribution in [2.24, 2.45) is 23.7 Å². The van der Waals surface area contributed by atoms with Crippen molar-refractivity contribution in [1.82, 2.24) is 5.32 Å². The molecule has 0 aromatic heterocycles. The lowest BCUT2D eigenvalue weighted by Gasteiger charge is -2.42. The summed E-state index contributed by atoms with van der Waals surface area (Å²) < 4.78 is 17.6. The van der Waals surface area contributed by atoms with Crippen LogP contribution in [0.4, 0.5) is 0 Å². The van der Waals surface area contributed by atoms with E-state index >= 15 is 0 Å². The maximum atomic E-state index is 13.0. The van der Waals surface area contributed by atoms with Crippen molar-refractivity contribution in [3.05, 3.63) is 0 Å². The molecular formula is C29H49NO9. The first-order chi connectivity index (χ1) is 18.8. The van der Waals surface area contributed by atoms with Crippen molar-refractivity contribution in [2.75, 3.05) is 19.8 Å². The highest BCUT2D eigenvalue weighted by atomic mass is 16.7. The van der Waals surface area contributed by atoms with Gasteiger partial charge in [-0.05, 0) is 62.7 Å². The second-order valence-corrected chi connectivity index (χ2v) is 12.3. The Bertz CT molecular complexity index is 793. The molecule has 10 atom stereocenters. The summed E-state index contributed by atoms with van der Waals surface area (Å²) in [5, 5.41) is 42.7. The highest BCUT2D eigenvalue weighted by Crippen LogP contribution is 2.43. The van der Waals surface area contributed by atoms with E-state index in [2.05, 4.69) is 5.32 Å². The number of unbranched alkanes of at least 4 members (excludes halogenated alkanes) is 2. The van der Waals surface area contributed by atoms with Gasteiger partial charge >= 0.3 is 0 Å². The van der Waals surface area contributed by atoms with Crippen molar-refractivity contribution in [1.29, 1.82) is 0 Å². The van der Waals surface area contributed by atoms with Gasteiger partial charge in [0.2, 0.25) is 5.91 Å². The number of aliphatic hydroxyl groups excluding tert-OH is 4. The van der Waals surface area contributed by atoms with E-state index in [4.69, 9.17) is 14.2 Å². The number of carbonyl (C=O) groups is 2. The van der Waals surface area contributed by atoms with Crippen molar-refractivity contribution < 1.29 is 44.2 Å². The first-order valence-corrected chi connectivity index (χ1v) is 15.1. The van der Waals surface area contributed by atoms with Crippen molar-refractivity contribution in [3.8, 4) is 0 Å². The standard InChI is InChI=1S/C29H49NO9/c1-17(32)30-26-28(36)27(35)25(15-31)39-29(26)37-11-4-2-3-8-24(34)23-14-21(33)12-20(23)16-38-22-10-9-19(13-22)18-6-5-7-18/h18-23,25-29,31,33,35-36H,2-16H2,1H3,(H,30,32)/t19?,20-,21+,22?,23?,25?,26?,27?,28?,29?/m0/s1. The van der Waals surface area contributed by atoms with Crippen molar-refractivity contribution in [2.45, 2.75) is 127 Å². The Morgan fingerprint density at radius 3 is 2.41 bits per heavy atom. The average Bonchev–Trinajstić information content (AvgIpc) is 3.48. The first kappa shape index (κ1) is 30.8. The summed E-state index contributed by atoms with van der Waals surface area (Å²) in [5.41, 5.74) is 0. The van der Waals surface area contributed by atoms with Crippen LogP contribution in [0.2, 0.25) is 0 Å². The van der Waals surface area contributed by atoms with Gasteiger partial charge < -0.3 is 40.0 Å². The number of rotatable bonds is 14. The van der Waals surface area contributed by atoms with E-state index in [1.54, 1.807) is 0 Å². The zero-order valence-corrected chi connectivity index (χ0v) is 23.3. The maximum absolute atomic E-state index is 13.0. The Morgan fingerprint density at radius 2 is 1.72 bits per heavy atom. The molecule has 3 saturated carbocycles. The molecule has 10 heteroatoms. The largest absolute Gasteiger partial charge is 0.394 e. The lowest BCUT2D eigenvalue weighted by Crippen LogP contribution is -2.64. The normalized spacial score (nSPS) is 39.0. The molecule has 224 valence electrons. The topological polar surface area (TPSA) is 155 Å². The molecule has 8 unspecified atom stereocenters. The quantitative estimate of drug-likeness (QED) is 0.200. The minimum atomic E-state index is -1.34. The molecule has 0 aromatic rings. The molecule has 4 fully saturated rings. The molecule has 1 amide bonds. The van der Waals surface area contributed by atoms with Gasteiger partial charge in [-0.2, -0.15) is 0 Å². The molecule has 1 heterocycles. The Hall–Kier alpha value is -1.14. The first-order valence-electron chi connectivity index (χ1n) is 15.1. The lowest BCUT2D eigenvalue weighted by molar-refractivity contribution is -0.270. The molecule has 1 saturated heterocycles. The van der Waals surface area contributed by atoms with Crippen LogP contribution in [-0.2, 0) is 23.8 Å². The molecule has 10 nitrogen and oxygen atoms in total. The molecule has 3 aliphatic carbocycles. The summed E-state index contributed by atoms with van der Waals surface area (Å²) in [4.78, 5) is 24.5. The van der Waals surface area contributed by atoms with E-state index in [1.807, 2.05) is 0 Å². The SMILES string of the molecule is CC(=O)NC1C(OCCCCCC(=O)C2C[C@H](O)C[C@H]2COC2CCC(C3CCC3)C2)OC(CO)C(O)C1O. The van der Waals surface area contributed by atoms with Crippen LogP contribution >= 0.6 is 0 Å². The molecular weight excluding hydrogens is 506 g/mol. The second-order valence-electron chi connectivity index (χ2n) is 12.3. The fraction of sp³-hybridized carbons (Fsp3) is 0.931. The van der Waals surface area contributed by atoms with Crippen LogP contribution in [0, 0.1) is 23.7 Å². The Labute approximate surface area is 231 Å². The predicted molar refractivity (Wildman–Crippen MR) is 141 cm³/mol. The molecule has 0 aromatic carbocycles. The zero-order chi connectivity index (χ0) is 27.9. The minimum absolute atomic E-state index is 0.0917. The molecule has 1 aliphatic heterocycles. The van der Waals surface area contributed by atoms with Crippen LogP contribution < -0.4 is 5.32 Å². The molecule has 4 rings (SSSR count). The van der Waals surface area contributed by atoms with E-state index < -0.39 is 49.3 Å². The molecule has 0 bridgehead atoms. The van der Waals surface area contributed by atoms with Crippen LogP contribution in [0.25, 0.3) is 0 Å². The summed E-state index contributed by atoms with van der Waals surface area (Å²) in [6, 6.07) is -0.955. The number of hydrogen-bond donors (Lipinski definition) is 5. The number of amides is 1. The Balaban J connectivity index is 1.14. The number of aliphatic hydroxyl groups is 4. The number of ketones is 1. The third kappa shape index (κ3) is 8.21. The van der Waals surface area contributed by atoms with Crippen molar-refractivity contribution >= 4 is 11.7 Å². The smallest absolute Gasteiger partial charge is 0.217 e. The molecule has 39 heavy (non-hydrogen) atoms. The third-order valence-corrected chi connectivity index (χ3v) is 9.47. The molecule has 0 radical (unpaired) electrons. The predicted octanol–water partition coefficient (Wildman–Crippen LogP) is 1.45. The summed E-state index contributed by atoms with van der Waals surface area (Å²) in [7, 11) is 0. The Kier molecular flexibility index (Phi) is 11.6. The van der Waals surface area contributed by atoms with Crippen LogP contribution in [0.3, 0.4) is 0 Å². The van der Waals surface area contributed by atoms with E-state index in [9.17, 15) is 30.0 Å². The fourth-order valence-electron chi connectivity index (χ4n) is 6.97. The second kappa shape index (κ2) is 14.7. The van der Waals surface area contributed by atoms with Crippen molar-refractivity contribution in [3.63, 3.8) is 0 Å². The van der Waals surface area contributed by atoms with Gasteiger partial charge in [-0.1, -0.05) is 25.7 Å². The minimum Gasteiger partial charge on any atom is -0.394 e. The Morgan fingerprint density at radius 1 is 0.923 bits per heavy atom. The van der Waals surface area contributed by atoms with Gasteiger partial charge in [0.25, 0.3) is 0 Å². The monoisotopic (exact) mass is 555 g/mol. The average molecular weight is 556 g/mol. The maximum Gasteiger partial charge on any atom is 0.217 e. The number of ether oxygens (including phenoxy) is 3. The van der Waals surface area contributed by atoms with E-state index in [0.29, 0.717) is 44.8 Å². The van der Waals surface area contributed by atoms with Crippen LogP contribution in [0.5, 0.6) is 0 Å². The number of carbonyl (C=O) groups excluding carboxylic acids is 2. The van der Waals surface area contributed by atoms with Gasteiger partial charge in [-0.25, -0.2) is 0 Å². The number of Topliss-reactive ketones (excluding diaryl/α,β-unsaturated/α-hetero) is 1. The summed E-state index contributed by atoms with van der Waals surface area (Å²) in [6.45, 7) is 1.65. The third-order valence-electron chi connectivity index (χ3n) is 9.47. The molecule has 5 N–H and O–H groups in total.